The number of carbonyl (C=O) groups is 1. The highest BCUT2D eigenvalue weighted by Crippen LogP contribution is 2.35. The van der Waals surface area contributed by atoms with Crippen molar-refractivity contribution in [3.05, 3.63) is 35.7 Å². The number of ether oxygens (including phenoxy) is 3. The maximum Gasteiger partial charge on any atom is 0.267 e. The smallest absolute Gasteiger partial charge is 0.267 e. The maximum atomic E-state index is 12.2. The number of benzene rings is 1. The van der Waals surface area contributed by atoms with Gasteiger partial charge in [0.2, 0.25) is 12.7 Å². The average Bonchev–Trinajstić information content (AvgIpc) is 2.93. The van der Waals surface area contributed by atoms with Crippen molar-refractivity contribution >= 4 is 11.9 Å². The molecular formula is C16H17N3O4. The minimum atomic E-state index is -0.709. The zero-order valence-electron chi connectivity index (χ0n) is 13.1. The van der Waals surface area contributed by atoms with E-state index < -0.39 is 6.10 Å². The summed E-state index contributed by atoms with van der Waals surface area (Å²) in [5.41, 5.74) is 1.58. The SMILES string of the molecule is Cc1cc(C)nc(NC(=O)[C@H](C)Oc2ccc3c(c2)OCO3)n1. The van der Waals surface area contributed by atoms with E-state index in [0.29, 0.717) is 17.2 Å². The first kappa shape index (κ1) is 15.1. The fraction of sp³-hybridized carbons (Fsp3) is 0.312. The topological polar surface area (TPSA) is 82.6 Å². The van der Waals surface area contributed by atoms with Crippen molar-refractivity contribution in [1.29, 1.82) is 0 Å². The number of anilines is 1. The molecule has 2 aromatic rings. The minimum absolute atomic E-state index is 0.193. The van der Waals surface area contributed by atoms with Crippen molar-refractivity contribution < 1.29 is 19.0 Å². The molecule has 0 bridgehead atoms. The van der Waals surface area contributed by atoms with E-state index in [0.717, 1.165) is 11.4 Å². The first-order chi connectivity index (χ1) is 11.0. The number of fused-ring (bicyclic) bond motifs is 1. The van der Waals surface area contributed by atoms with Crippen LogP contribution < -0.4 is 19.5 Å². The summed E-state index contributed by atoms with van der Waals surface area (Å²) < 4.78 is 16.1. The second kappa shape index (κ2) is 6.12. The highest BCUT2D eigenvalue weighted by molar-refractivity contribution is 5.92. The van der Waals surface area contributed by atoms with Crippen LogP contribution in [-0.2, 0) is 4.79 Å². The largest absolute Gasteiger partial charge is 0.481 e. The van der Waals surface area contributed by atoms with E-state index >= 15 is 0 Å². The van der Waals surface area contributed by atoms with Gasteiger partial charge in [0, 0.05) is 17.5 Å². The molecule has 3 rings (SSSR count). The van der Waals surface area contributed by atoms with Crippen LogP contribution >= 0.6 is 0 Å². The van der Waals surface area contributed by atoms with Crippen LogP contribution in [0, 0.1) is 13.8 Å². The van der Waals surface area contributed by atoms with E-state index in [1.165, 1.54) is 0 Å². The zero-order valence-corrected chi connectivity index (χ0v) is 13.1. The Morgan fingerprint density at radius 3 is 2.61 bits per heavy atom. The summed E-state index contributed by atoms with van der Waals surface area (Å²) in [6, 6.07) is 7.00. The number of aryl methyl sites for hydroxylation is 2. The van der Waals surface area contributed by atoms with Crippen LogP contribution in [0.15, 0.2) is 24.3 Å². The number of aromatic nitrogens is 2. The van der Waals surface area contributed by atoms with E-state index in [2.05, 4.69) is 15.3 Å². The molecule has 0 spiro atoms. The predicted molar refractivity (Wildman–Crippen MR) is 82.8 cm³/mol. The van der Waals surface area contributed by atoms with Crippen LogP contribution in [0.1, 0.15) is 18.3 Å². The quantitative estimate of drug-likeness (QED) is 0.931. The van der Waals surface area contributed by atoms with Gasteiger partial charge in [0.05, 0.1) is 0 Å². The number of hydrogen-bond acceptors (Lipinski definition) is 6. The van der Waals surface area contributed by atoms with Gasteiger partial charge in [-0.3, -0.25) is 10.1 Å². The van der Waals surface area contributed by atoms with Crippen LogP contribution in [0.3, 0.4) is 0 Å². The molecule has 7 heteroatoms. The van der Waals surface area contributed by atoms with Gasteiger partial charge in [-0.15, -0.1) is 0 Å². The molecule has 0 radical (unpaired) electrons. The lowest BCUT2D eigenvalue weighted by Gasteiger charge is -2.14. The van der Waals surface area contributed by atoms with Crippen LogP contribution in [0.4, 0.5) is 5.95 Å². The maximum absolute atomic E-state index is 12.2. The van der Waals surface area contributed by atoms with Crippen LogP contribution in [0.5, 0.6) is 17.2 Å². The van der Waals surface area contributed by atoms with Crippen molar-refractivity contribution in [2.45, 2.75) is 26.9 Å². The number of hydrogen-bond donors (Lipinski definition) is 1. The van der Waals surface area contributed by atoms with Crippen molar-refractivity contribution in [2.24, 2.45) is 0 Å². The number of nitrogens with zero attached hydrogens (tertiary/aromatic N) is 2. The van der Waals surface area contributed by atoms with E-state index in [4.69, 9.17) is 14.2 Å². The lowest BCUT2D eigenvalue weighted by atomic mass is 10.3. The monoisotopic (exact) mass is 315 g/mol. The molecule has 1 aromatic heterocycles. The number of carbonyl (C=O) groups excluding carboxylic acids is 1. The second-order valence-electron chi connectivity index (χ2n) is 5.24. The Balaban J connectivity index is 1.65. The Bertz CT molecular complexity index is 728. The van der Waals surface area contributed by atoms with Gasteiger partial charge in [0.25, 0.3) is 5.91 Å². The molecular weight excluding hydrogens is 298 g/mol. The molecule has 23 heavy (non-hydrogen) atoms. The number of amides is 1. The third-order valence-corrected chi connectivity index (χ3v) is 3.24. The van der Waals surface area contributed by atoms with Crippen molar-refractivity contribution in [1.82, 2.24) is 9.97 Å². The van der Waals surface area contributed by atoms with Crippen LogP contribution in [0.25, 0.3) is 0 Å². The summed E-state index contributed by atoms with van der Waals surface area (Å²) in [6.07, 6.45) is -0.709. The molecule has 1 aliphatic heterocycles. The van der Waals surface area contributed by atoms with Crippen molar-refractivity contribution in [2.75, 3.05) is 12.1 Å². The van der Waals surface area contributed by atoms with Crippen molar-refractivity contribution in [3.8, 4) is 17.2 Å². The summed E-state index contributed by atoms with van der Waals surface area (Å²) >= 11 is 0. The Hall–Kier alpha value is -2.83. The lowest BCUT2D eigenvalue weighted by molar-refractivity contribution is -0.122. The summed E-state index contributed by atoms with van der Waals surface area (Å²) in [7, 11) is 0. The molecule has 2 heterocycles. The highest BCUT2D eigenvalue weighted by Gasteiger charge is 2.19. The normalized spacial score (nSPS) is 13.5. The Morgan fingerprint density at radius 1 is 1.17 bits per heavy atom. The molecule has 1 aliphatic rings. The molecule has 1 atom stereocenters. The third-order valence-electron chi connectivity index (χ3n) is 3.24. The molecule has 1 amide bonds. The summed E-state index contributed by atoms with van der Waals surface area (Å²) in [6.45, 7) is 5.54. The van der Waals surface area contributed by atoms with Gasteiger partial charge < -0.3 is 14.2 Å². The Labute approximate surface area is 133 Å². The molecule has 0 unspecified atom stereocenters. The fourth-order valence-corrected chi connectivity index (χ4v) is 2.20. The van der Waals surface area contributed by atoms with E-state index in [-0.39, 0.29) is 18.6 Å². The van der Waals surface area contributed by atoms with E-state index in [9.17, 15) is 4.79 Å². The number of rotatable bonds is 4. The molecule has 0 saturated heterocycles. The summed E-state index contributed by atoms with van der Waals surface area (Å²) in [4.78, 5) is 20.6. The van der Waals surface area contributed by atoms with Gasteiger partial charge in [-0.25, -0.2) is 9.97 Å². The average molecular weight is 315 g/mol. The molecule has 1 aromatic carbocycles. The van der Waals surface area contributed by atoms with E-state index in [1.807, 2.05) is 19.9 Å². The van der Waals surface area contributed by atoms with Gasteiger partial charge in [0.15, 0.2) is 17.6 Å². The lowest BCUT2D eigenvalue weighted by Crippen LogP contribution is -2.31. The highest BCUT2D eigenvalue weighted by atomic mass is 16.7. The Kier molecular flexibility index (Phi) is 4.01. The second-order valence-corrected chi connectivity index (χ2v) is 5.24. The van der Waals surface area contributed by atoms with Crippen molar-refractivity contribution in [3.63, 3.8) is 0 Å². The van der Waals surface area contributed by atoms with Gasteiger partial charge in [-0.05, 0) is 39.0 Å². The number of nitrogens with one attached hydrogen (secondary N) is 1. The third kappa shape index (κ3) is 3.50. The molecule has 0 aliphatic carbocycles. The van der Waals surface area contributed by atoms with Gasteiger partial charge in [-0.1, -0.05) is 0 Å². The van der Waals surface area contributed by atoms with Crippen LogP contribution in [0.2, 0.25) is 0 Å². The summed E-state index contributed by atoms with van der Waals surface area (Å²) in [5.74, 6) is 1.74. The fourth-order valence-electron chi connectivity index (χ4n) is 2.20. The molecule has 7 nitrogen and oxygen atoms in total. The summed E-state index contributed by atoms with van der Waals surface area (Å²) in [5, 5.41) is 2.65. The first-order valence-corrected chi connectivity index (χ1v) is 7.21. The standard InChI is InChI=1S/C16H17N3O4/c1-9-6-10(2)18-16(17-9)19-15(20)11(3)23-12-4-5-13-14(7-12)22-8-21-13/h4-7,11H,8H2,1-3H3,(H,17,18,19,20)/t11-/m0/s1. The molecule has 120 valence electrons. The Morgan fingerprint density at radius 2 is 1.87 bits per heavy atom. The predicted octanol–water partition coefficient (Wildman–Crippen LogP) is 2.23. The molecule has 1 N–H and O–H groups in total. The van der Waals surface area contributed by atoms with Gasteiger partial charge >= 0.3 is 0 Å². The van der Waals surface area contributed by atoms with E-state index in [1.54, 1.807) is 25.1 Å². The van der Waals surface area contributed by atoms with Gasteiger partial charge in [0.1, 0.15) is 5.75 Å². The first-order valence-electron chi connectivity index (χ1n) is 7.21. The van der Waals surface area contributed by atoms with Gasteiger partial charge in [-0.2, -0.15) is 0 Å². The van der Waals surface area contributed by atoms with Crippen LogP contribution in [-0.4, -0.2) is 28.8 Å². The zero-order chi connectivity index (χ0) is 16.4. The molecule has 0 fully saturated rings. The molecule has 0 saturated carbocycles. The minimum Gasteiger partial charge on any atom is -0.481 e.